The minimum atomic E-state index is -0.415. The number of hydrogen-bond donors (Lipinski definition) is 2. The lowest BCUT2D eigenvalue weighted by Gasteiger charge is -2.29. The van der Waals surface area contributed by atoms with Crippen molar-refractivity contribution in [2.75, 3.05) is 38.0 Å². The average Bonchev–Trinajstić information content (AvgIpc) is 3.21. The van der Waals surface area contributed by atoms with Crippen LogP contribution in [0.2, 0.25) is 0 Å². The maximum atomic E-state index is 14.0. The van der Waals surface area contributed by atoms with Gasteiger partial charge in [0.05, 0.1) is 16.8 Å². The predicted octanol–water partition coefficient (Wildman–Crippen LogP) is 4.59. The number of aromatic nitrogens is 1. The van der Waals surface area contributed by atoms with Gasteiger partial charge in [0, 0.05) is 41.1 Å². The molecule has 2 aromatic rings. The van der Waals surface area contributed by atoms with E-state index in [1.165, 1.54) is 31.4 Å². The first-order valence-corrected chi connectivity index (χ1v) is 12.5. The van der Waals surface area contributed by atoms with E-state index in [9.17, 15) is 14.0 Å². The number of aromatic amines is 1. The summed E-state index contributed by atoms with van der Waals surface area (Å²) in [7, 11) is 0. The van der Waals surface area contributed by atoms with E-state index < -0.39 is 5.82 Å². The Morgan fingerprint density at radius 1 is 1.09 bits per heavy atom. The van der Waals surface area contributed by atoms with E-state index in [2.05, 4.69) is 31.1 Å². The van der Waals surface area contributed by atoms with Crippen LogP contribution < -0.4 is 5.32 Å². The number of aryl methyl sites for hydroxylation is 1. The minimum Gasteiger partial charge on any atom is -0.358 e. The lowest BCUT2D eigenvalue weighted by Crippen LogP contribution is -2.40. The lowest BCUT2D eigenvalue weighted by atomic mass is 10.0. The van der Waals surface area contributed by atoms with Gasteiger partial charge in [0.2, 0.25) is 0 Å². The zero-order chi connectivity index (χ0) is 23.1. The number of fused-ring (bicyclic) bond motifs is 2. The topological polar surface area (TPSA) is 68.4 Å². The number of nitrogens with zero attached hydrogens (tertiary/aromatic N) is 2. The molecule has 4 heterocycles. The molecule has 0 aliphatic carbocycles. The standard InChI is InChI=1S/C25H28BrFN4O2/c1-15-21(14-18-17-12-16(27)13-19(26)23(17)29-24(18)32)28-20-6-5-9-31(25(33)22(15)20)11-10-30-7-3-2-4-8-30/h12-14,28H,2-11H2,1H3,(H,29,32). The highest BCUT2D eigenvalue weighted by atomic mass is 79.9. The van der Waals surface area contributed by atoms with Crippen LogP contribution in [0.5, 0.6) is 0 Å². The van der Waals surface area contributed by atoms with E-state index in [0.717, 1.165) is 68.1 Å². The first-order chi connectivity index (χ1) is 15.9. The molecule has 0 unspecified atom stereocenters. The van der Waals surface area contributed by atoms with Crippen LogP contribution in [0.15, 0.2) is 16.6 Å². The molecule has 5 rings (SSSR count). The molecule has 1 aromatic heterocycles. The molecule has 33 heavy (non-hydrogen) atoms. The van der Waals surface area contributed by atoms with Crippen molar-refractivity contribution < 1.29 is 14.0 Å². The Hall–Kier alpha value is -2.45. The molecule has 3 aliphatic heterocycles. The van der Waals surface area contributed by atoms with E-state index in [0.29, 0.717) is 21.3 Å². The van der Waals surface area contributed by atoms with E-state index in [-0.39, 0.29) is 11.8 Å². The second-order valence-electron chi connectivity index (χ2n) is 9.14. The molecule has 1 saturated heterocycles. The van der Waals surface area contributed by atoms with Crippen molar-refractivity contribution in [2.24, 2.45) is 0 Å². The van der Waals surface area contributed by atoms with E-state index >= 15 is 0 Å². The summed E-state index contributed by atoms with van der Waals surface area (Å²) in [5.74, 6) is -0.639. The number of benzene rings is 1. The van der Waals surface area contributed by atoms with Crippen LogP contribution in [0.25, 0.3) is 11.6 Å². The number of H-pyrrole nitrogens is 1. The van der Waals surface area contributed by atoms with Crippen molar-refractivity contribution >= 4 is 45.1 Å². The van der Waals surface area contributed by atoms with Gasteiger partial charge < -0.3 is 20.1 Å². The number of carbonyl (C=O) groups excluding carboxylic acids is 2. The Morgan fingerprint density at radius 2 is 1.88 bits per heavy atom. The van der Waals surface area contributed by atoms with Crippen molar-refractivity contribution in [3.8, 4) is 0 Å². The summed E-state index contributed by atoms with van der Waals surface area (Å²) in [6, 6.07) is 2.70. The Bertz CT molecular complexity index is 1150. The fraction of sp³-hybridized carbons (Fsp3) is 0.440. The smallest absolute Gasteiger partial charge is 0.256 e. The molecule has 2 amide bonds. The lowest BCUT2D eigenvalue weighted by molar-refractivity contribution is -0.110. The number of amides is 2. The zero-order valence-corrected chi connectivity index (χ0v) is 20.4. The summed E-state index contributed by atoms with van der Waals surface area (Å²) >= 11 is 3.32. The van der Waals surface area contributed by atoms with Crippen molar-refractivity contribution in [1.29, 1.82) is 0 Å². The van der Waals surface area contributed by atoms with Crippen LogP contribution in [0, 0.1) is 12.7 Å². The number of piperidine rings is 1. The Balaban J connectivity index is 1.43. The summed E-state index contributed by atoms with van der Waals surface area (Å²) in [5.41, 5.74) is 4.68. The van der Waals surface area contributed by atoms with Crippen LogP contribution in [0.1, 0.15) is 58.6 Å². The Kier molecular flexibility index (Phi) is 6.14. The molecule has 1 aromatic carbocycles. The second kappa shape index (κ2) is 9.06. The van der Waals surface area contributed by atoms with Gasteiger partial charge in [0.15, 0.2) is 0 Å². The van der Waals surface area contributed by atoms with Crippen LogP contribution in [0.4, 0.5) is 10.1 Å². The number of halogens is 2. The van der Waals surface area contributed by atoms with Crippen molar-refractivity contribution in [2.45, 2.75) is 39.0 Å². The van der Waals surface area contributed by atoms with Crippen LogP contribution >= 0.6 is 15.9 Å². The third-order valence-electron chi connectivity index (χ3n) is 6.97. The van der Waals surface area contributed by atoms with Gasteiger partial charge in [-0.15, -0.1) is 0 Å². The molecule has 174 valence electrons. The molecule has 3 aliphatic rings. The average molecular weight is 515 g/mol. The molecule has 2 N–H and O–H groups in total. The number of nitrogens with one attached hydrogen (secondary N) is 2. The van der Waals surface area contributed by atoms with Crippen molar-refractivity contribution in [1.82, 2.24) is 14.8 Å². The highest BCUT2D eigenvalue weighted by molar-refractivity contribution is 9.10. The molecular formula is C25H28BrFN4O2. The number of hydrogen-bond acceptors (Lipinski definition) is 3. The van der Waals surface area contributed by atoms with Gasteiger partial charge in [-0.3, -0.25) is 9.59 Å². The first kappa shape index (κ1) is 22.3. The van der Waals surface area contributed by atoms with E-state index in [4.69, 9.17) is 0 Å². The number of carbonyl (C=O) groups is 2. The second-order valence-corrected chi connectivity index (χ2v) is 9.99. The van der Waals surface area contributed by atoms with Gasteiger partial charge in [-0.1, -0.05) is 6.42 Å². The molecule has 0 radical (unpaired) electrons. The van der Waals surface area contributed by atoms with Gasteiger partial charge in [0.25, 0.3) is 11.8 Å². The third kappa shape index (κ3) is 4.26. The highest BCUT2D eigenvalue weighted by Gasteiger charge is 2.30. The van der Waals surface area contributed by atoms with E-state index in [1.54, 1.807) is 6.08 Å². The summed E-state index contributed by atoms with van der Waals surface area (Å²) in [6.07, 6.45) is 7.21. The van der Waals surface area contributed by atoms with E-state index in [1.807, 2.05) is 11.8 Å². The molecular weight excluding hydrogens is 487 g/mol. The normalized spacial score (nSPS) is 20.1. The van der Waals surface area contributed by atoms with Gasteiger partial charge >= 0.3 is 0 Å². The summed E-state index contributed by atoms with van der Waals surface area (Å²) in [5, 5.41) is 2.80. The molecule has 8 heteroatoms. The quantitative estimate of drug-likeness (QED) is 0.586. The molecule has 0 atom stereocenters. The summed E-state index contributed by atoms with van der Waals surface area (Å²) in [4.78, 5) is 33.9. The number of anilines is 1. The Labute approximate surface area is 201 Å². The maximum Gasteiger partial charge on any atom is 0.256 e. The van der Waals surface area contributed by atoms with Crippen molar-refractivity contribution in [3.63, 3.8) is 0 Å². The third-order valence-corrected chi connectivity index (χ3v) is 7.60. The molecule has 0 spiro atoms. The van der Waals surface area contributed by atoms with Gasteiger partial charge in [-0.2, -0.15) is 0 Å². The molecule has 0 bridgehead atoms. The monoisotopic (exact) mass is 514 g/mol. The predicted molar refractivity (Wildman–Crippen MR) is 131 cm³/mol. The zero-order valence-electron chi connectivity index (χ0n) is 18.8. The van der Waals surface area contributed by atoms with Crippen LogP contribution in [-0.4, -0.2) is 59.3 Å². The fourth-order valence-corrected chi connectivity index (χ4v) is 5.70. The Morgan fingerprint density at radius 3 is 2.67 bits per heavy atom. The minimum absolute atomic E-state index is 0.0583. The fourth-order valence-electron chi connectivity index (χ4n) is 5.17. The molecule has 1 fully saturated rings. The SMILES string of the molecule is Cc1c(C=C2C(=O)Nc3c(Br)cc(F)cc32)[nH]c2c1C(=O)N(CCN1CCCCC1)CCC2. The number of likely N-dealkylation sites (tertiary alicyclic amines) is 1. The largest absolute Gasteiger partial charge is 0.358 e. The maximum absolute atomic E-state index is 14.0. The molecule has 6 nitrogen and oxygen atoms in total. The van der Waals surface area contributed by atoms with Gasteiger partial charge in [-0.05, 0) is 85.4 Å². The summed E-state index contributed by atoms with van der Waals surface area (Å²) < 4.78 is 14.5. The first-order valence-electron chi connectivity index (χ1n) is 11.7. The van der Waals surface area contributed by atoms with Crippen molar-refractivity contribution in [3.05, 3.63) is 50.5 Å². The van der Waals surface area contributed by atoms with Gasteiger partial charge in [-0.25, -0.2) is 4.39 Å². The van der Waals surface area contributed by atoms with Crippen LogP contribution in [0.3, 0.4) is 0 Å². The summed E-state index contributed by atoms with van der Waals surface area (Å²) in [6.45, 7) is 6.57. The van der Waals surface area contributed by atoms with Gasteiger partial charge in [0.1, 0.15) is 5.82 Å². The highest BCUT2D eigenvalue weighted by Crippen LogP contribution is 2.39. The number of rotatable bonds is 4. The van der Waals surface area contributed by atoms with Crippen LogP contribution in [-0.2, 0) is 11.2 Å². The molecule has 0 saturated carbocycles.